The van der Waals surface area contributed by atoms with E-state index in [1.165, 1.54) is 0 Å². The first-order valence-corrected chi connectivity index (χ1v) is 7.35. The summed E-state index contributed by atoms with van der Waals surface area (Å²) in [5, 5.41) is 8.34. The van der Waals surface area contributed by atoms with Gasteiger partial charge in [0.15, 0.2) is 11.6 Å². The number of aromatic nitrogens is 4. The van der Waals surface area contributed by atoms with E-state index in [-0.39, 0.29) is 5.25 Å². The topological polar surface area (TPSA) is 52.8 Å². The van der Waals surface area contributed by atoms with Crippen molar-refractivity contribution in [1.29, 1.82) is 0 Å². The minimum Gasteiger partial charge on any atom is -0.497 e. The van der Waals surface area contributed by atoms with Gasteiger partial charge in [0, 0.05) is 18.8 Å². The van der Waals surface area contributed by atoms with Gasteiger partial charge < -0.3 is 9.30 Å². The van der Waals surface area contributed by atoms with Crippen LogP contribution < -0.4 is 4.74 Å². The highest BCUT2D eigenvalue weighted by atomic mass is 32.1. The summed E-state index contributed by atoms with van der Waals surface area (Å²) in [6.45, 7) is 0. The Morgan fingerprint density at radius 2 is 2.00 bits per heavy atom. The van der Waals surface area contributed by atoms with Gasteiger partial charge in [0.05, 0.1) is 12.8 Å². The van der Waals surface area contributed by atoms with Crippen LogP contribution in [0.2, 0.25) is 0 Å². The molecule has 0 spiro atoms. The van der Waals surface area contributed by atoms with Crippen LogP contribution in [0, 0.1) is 0 Å². The van der Waals surface area contributed by atoms with Crippen molar-refractivity contribution in [3.05, 3.63) is 60.2 Å². The van der Waals surface area contributed by atoms with Gasteiger partial charge in [-0.05, 0) is 24.3 Å². The summed E-state index contributed by atoms with van der Waals surface area (Å²) in [5.74, 6) is 2.30. The normalized spacial score (nSPS) is 12.1. The number of hydrogen-bond acceptors (Lipinski definition) is 5. The fourth-order valence-corrected chi connectivity index (χ4v) is 2.64. The van der Waals surface area contributed by atoms with E-state index in [2.05, 4.69) is 27.8 Å². The van der Waals surface area contributed by atoms with Crippen LogP contribution in [0.3, 0.4) is 0 Å². The van der Waals surface area contributed by atoms with Gasteiger partial charge in [-0.2, -0.15) is 12.6 Å². The first-order chi connectivity index (χ1) is 10.7. The second kappa shape index (κ2) is 6.19. The van der Waals surface area contributed by atoms with Crippen molar-refractivity contribution in [2.75, 3.05) is 7.11 Å². The Morgan fingerprint density at radius 1 is 1.14 bits per heavy atom. The van der Waals surface area contributed by atoms with Crippen molar-refractivity contribution >= 4 is 12.6 Å². The molecule has 5 nitrogen and oxygen atoms in total. The predicted molar refractivity (Wildman–Crippen MR) is 88.1 cm³/mol. The van der Waals surface area contributed by atoms with E-state index >= 15 is 0 Å². The second-order valence-electron chi connectivity index (χ2n) is 4.83. The average Bonchev–Trinajstić information content (AvgIpc) is 2.96. The van der Waals surface area contributed by atoms with Crippen molar-refractivity contribution in [3.63, 3.8) is 0 Å². The molecule has 0 amide bonds. The number of rotatable bonds is 4. The zero-order valence-electron chi connectivity index (χ0n) is 12.3. The third-order valence-corrected chi connectivity index (χ3v) is 3.94. The molecule has 1 aromatic carbocycles. The minimum absolute atomic E-state index is 0.224. The minimum atomic E-state index is -0.224. The molecule has 0 aliphatic rings. The summed E-state index contributed by atoms with van der Waals surface area (Å²) in [6, 6.07) is 13.5. The molecular weight excluding hydrogens is 296 g/mol. The van der Waals surface area contributed by atoms with Crippen LogP contribution in [-0.4, -0.2) is 26.9 Å². The van der Waals surface area contributed by atoms with Crippen LogP contribution in [0.25, 0.3) is 11.4 Å². The van der Waals surface area contributed by atoms with E-state index in [0.717, 1.165) is 28.7 Å². The Kier molecular flexibility index (Phi) is 4.11. The lowest BCUT2D eigenvalue weighted by atomic mass is 10.2. The van der Waals surface area contributed by atoms with Crippen LogP contribution in [-0.2, 0) is 7.05 Å². The van der Waals surface area contributed by atoms with Crippen LogP contribution in [0.5, 0.6) is 5.75 Å². The van der Waals surface area contributed by atoms with Crippen molar-refractivity contribution < 1.29 is 4.74 Å². The summed E-state index contributed by atoms with van der Waals surface area (Å²) in [5.41, 5.74) is 1.79. The van der Waals surface area contributed by atoms with Gasteiger partial charge in [-0.15, -0.1) is 10.2 Å². The highest BCUT2D eigenvalue weighted by molar-refractivity contribution is 7.80. The highest BCUT2D eigenvalue weighted by Gasteiger charge is 2.19. The highest BCUT2D eigenvalue weighted by Crippen LogP contribution is 2.28. The fraction of sp³-hybridized carbons (Fsp3) is 0.188. The van der Waals surface area contributed by atoms with E-state index in [0.29, 0.717) is 0 Å². The molecule has 0 saturated heterocycles. The van der Waals surface area contributed by atoms with E-state index < -0.39 is 0 Å². The molecule has 112 valence electrons. The van der Waals surface area contributed by atoms with Crippen molar-refractivity contribution in [2.45, 2.75) is 5.25 Å². The molecule has 2 aromatic heterocycles. The number of methoxy groups -OCH3 is 1. The number of benzene rings is 1. The molecule has 0 aliphatic carbocycles. The zero-order chi connectivity index (χ0) is 15.5. The van der Waals surface area contributed by atoms with Gasteiger partial charge in [-0.3, -0.25) is 4.98 Å². The Hall–Kier alpha value is -2.34. The predicted octanol–water partition coefficient (Wildman–Crippen LogP) is 2.90. The van der Waals surface area contributed by atoms with Crippen LogP contribution in [0.1, 0.15) is 16.8 Å². The van der Waals surface area contributed by atoms with Crippen LogP contribution in [0.4, 0.5) is 0 Å². The summed E-state index contributed by atoms with van der Waals surface area (Å²) < 4.78 is 7.19. The van der Waals surface area contributed by atoms with E-state index in [1.54, 1.807) is 13.3 Å². The molecule has 0 N–H and O–H groups in total. The van der Waals surface area contributed by atoms with E-state index in [4.69, 9.17) is 4.74 Å². The summed E-state index contributed by atoms with van der Waals surface area (Å²) in [6.07, 6.45) is 1.75. The first-order valence-electron chi connectivity index (χ1n) is 6.83. The molecule has 0 bridgehead atoms. The van der Waals surface area contributed by atoms with Crippen LogP contribution >= 0.6 is 12.6 Å². The smallest absolute Gasteiger partial charge is 0.163 e. The van der Waals surface area contributed by atoms with Crippen molar-refractivity contribution in [2.24, 2.45) is 7.05 Å². The zero-order valence-corrected chi connectivity index (χ0v) is 13.2. The molecule has 0 aliphatic heterocycles. The molecule has 0 saturated carbocycles. The number of thiol groups is 1. The Balaban J connectivity index is 1.98. The van der Waals surface area contributed by atoms with E-state index in [1.807, 2.05) is 54.1 Å². The lowest BCUT2D eigenvalue weighted by Gasteiger charge is -2.10. The molecule has 0 fully saturated rings. The summed E-state index contributed by atoms with van der Waals surface area (Å²) >= 11 is 4.63. The second-order valence-corrected chi connectivity index (χ2v) is 5.35. The molecule has 22 heavy (non-hydrogen) atoms. The van der Waals surface area contributed by atoms with Crippen molar-refractivity contribution in [1.82, 2.24) is 19.7 Å². The lowest BCUT2D eigenvalue weighted by molar-refractivity contribution is 0.415. The molecule has 2 heterocycles. The Bertz CT molecular complexity index is 773. The van der Waals surface area contributed by atoms with Gasteiger partial charge >= 0.3 is 0 Å². The molecule has 3 aromatic rings. The van der Waals surface area contributed by atoms with Gasteiger partial charge in [-0.1, -0.05) is 18.2 Å². The van der Waals surface area contributed by atoms with Gasteiger partial charge in [0.25, 0.3) is 0 Å². The molecule has 3 rings (SSSR count). The largest absolute Gasteiger partial charge is 0.497 e. The standard InChI is InChI=1S/C16H16N4OS/c1-20-15(11-6-5-7-12(10-11)21-2)18-19-16(20)14(22)13-8-3-4-9-17-13/h3-10,14,22H,1-2H3. The molecule has 1 unspecified atom stereocenters. The number of ether oxygens (including phenoxy) is 1. The molecule has 1 atom stereocenters. The van der Waals surface area contributed by atoms with Gasteiger partial charge in [0.1, 0.15) is 11.0 Å². The van der Waals surface area contributed by atoms with Crippen molar-refractivity contribution in [3.8, 4) is 17.1 Å². The fourth-order valence-electron chi connectivity index (χ4n) is 2.26. The third-order valence-electron chi connectivity index (χ3n) is 3.45. The molecule has 0 radical (unpaired) electrons. The maximum Gasteiger partial charge on any atom is 0.163 e. The maximum absolute atomic E-state index is 5.26. The summed E-state index contributed by atoms with van der Waals surface area (Å²) in [4.78, 5) is 4.33. The number of hydrogen-bond donors (Lipinski definition) is 1. The van der Waals surface area contributed by atoms with Gasteiger partial charge in [-0.25, -0.2) is 0 Å². The Morgan fingerprint density at radius 3 is 2.73 bits per heavy atom. The quantitative estimate of drug-likeness (QED) is 0.753. The first kappa shape index (κ1) is 14.6. The number of nitrogens with zero attached hydrogens (tertiary/aromatic N) is 4. The third kappa shape index (κ3) is 2.69. The van der Waals surface area contributed by atoms with Crippen LogP contribution in [0.15, 0.2) is 48.7 Å². The molecule has 6 heteroatoms. The average molecular weight is 312 g/mol. The Labute approximate surface area is 134 Å². The maximum atomic E-state index is 5.26. The monoisotopic (exact) mass is 312 g/mol. The van der Waals surface area contributed by atoms with E-state index in [9.17, 15) is 0 Å². The number of pyridine rings is 1. The SMILES string of the molecule is COc1cccc(-c2nnc(C(S)c3ccccn3)n2C)c1. The van der Waals surface area contributed by atoms with Gasteiger partial charge in [0.2, 0.25) is 0 Å². The summed E-state index contributed by atoms with van der Waals surface area (Å²) in [7, 11) is 3.57. The lowest BCUT2D eigenvalue weighted by Crippen LogP contribution is -2.05. The molecular formula is C16H16N4OS.